The summed E-state index contributed by atoms with van der Waals surface area (Å²) in [5.74, 6) is 0.883. The molecule has 0 radical (unpaired) electrons. The minimum Gasteiger partial charge on any atom is -0.381 e. The van der Waals surface area contributed by atoms with Gasteiger partial charge in [-0.25, -0.2) is 0 Å². The van der Waals surface area contributed by atoms with Crippen LogP contribution >= 0.6 is 0 Å². The molecule has 4 heterocycles. The highest BCUT2D eigenvalue weighted by Crippen LogP contribution is 2.31. The molecular formula is C16H23N3O3. The van der Waals surface area contributed by atoms with Gasteiger partial charge in [0.1, 0.15) is 0 Å². The molecule has 0 aliphatic carbocycles. The van der Waals surface area contributed by atoms with Crippen LogP contribution in [-0.2, 0) is 9.47 Å². The Morgan fingerprint density at radius 2 is 2.27 bits per heavy atom. The Balaban J connectivity index is 1.49. The summed E-state index contributed by atoms with van der Waals surface area (Å²) >= 11 is 0. The van der Waals surface area contributed by atoms with Gasteiger partial charge in [-0.1, -0.05) is 0 Å². The van der Waals surface area contributed by atoms with E-state index in [0.717, 1.165) is 56.8 Å². The number of carbonyl (C=O) groups is 1. The molecule has 0 spiro atoms. The van der Waals surface area contributed by atoms with Crippen LogP contribution in [0, 0.1) is 5.92 Å². The second-order valence-electron chi connectivity index (χ2n) is 6.61. The van der Waals surface area contributed by atoms with Gasteiger partial charge in [0.2, 0.25) is 0 Å². The normalized spacial score (nSPS) is 32.0. The number of rotatable bonds is 2. The monoisotopic (exact) mass is 305 g/mol. The number of piperidine rings is 1. The topological polar surface area (TPSA) is 67.5 Å². The molecule has 120 valence electrons. The number of amides is 1. The number of nitrogens with zero attached hydrogens (tertiary/aromatic N) is 2. The summed E-state index contributed by atoms with van der Waals surface area (Å²) in [6.45, 7) is 3.92. The molecule has 3 aliphatic rings. The van der Waals surface area contributed by atoms with Crippen LogP contribution in [0.4, 0.5) is 0 Å². The number of fused-ring (bicyclic) bond motifs is 1. The van der Waals surface area contributed by atoms with E-state index in [-0.39, 0.29) is 11.8 Å². The lowest BCUT2D eigenvalue weighted by Gasteiger charge is -2.41. The van der Waals surface area contributed by atoms with Crippen molar-refractivity contribution in [3.63, 3.8) is 0 Å². The highest BCUT2D eigenvalue weighted by molar-refractivity contribution is 5.95. The highest BCUT2D eigenvalue weighted by atomic mass is 16.5. The van der Waals surface area contributed by atoms with Crippen molar-refractivity contribution in [1.82, 2.24) is 15.1 Å². The first-order valence-corrected chi connectivity index (χ1v) is 8.35. The van der Waals surface area contributed by atoms with Crippen LogP contribution < -0.4 is 0 Å². The average Bonchev–Trinajstić information content (AvgIpc) is 3.24. The Labute approximate surface area is 130 Å². The molecule has 0 unspecified atom stereocenters. The maximum Gasteiger partial charge on any atom is 0.257 e. The van der Waals surface area contributed by atoms with Crippen molar-refractivity contribution in [2.75, 3.05) is 32.9 Å². The Morgan fingerprint density at radius 1 is 1.32 bits per heavy atom. The molecule has 3 saturated heterocycles. The van der Waals surface area contributed by atoms with Crippen molar-refractivity contribution in [3.05, 3.63) is 17.5 Å². The fourth-order valence-electron chi connectivity index (χ4n) is 3.98. The Bertz CT molecular complexity index is 538. The third kappa shape index (κ3) is 2.54. The molecule has 1 aromatic heterocycles. The summed E-state index contributed by atoms with van der Waals surface area (Å²) in [5.41, 5.74) is 1.68. The Kier molecular flexibility index (Phi) is 3.88. The molecule has 0 bridgehead atoms. The third-order valence-corrected chi connectivity index (χ3v) is 5.24. The van der Waals surface area contributed by atoms with Crippen LogP contribution in [0.3, 0.4) is 0 Å². The molecule has 6 heteroatoms. The molecule has 3 atom stereocenters. The number of aromatic nitrogens is 2. The van der Waals surface area contributed by atoms with Crippen molar-refractivity contribution < 1.29 is 14.3 Å². The van der Waals surface area contributed by atoms with Crippen LogP contribution in [0.5, 0.6) is 0 Å². The molecule has 1 aromatic rings. The summed E-state index contributed by atoms with van der Waals surface area (Å²) in [7, 11) is 0. The number of ether oxygens (including phenoxy) is 2. The smallest absolute Gasteiger partial charge is 0.257 e. The van der Waals surface area contributed by atoms with Crippen LogP contribution in [0.25, 0.3) is 0 Å². The molecular weight excluding hydrogens is 282 g/mol. The fourth-order valence-corrected chi connectivity index (χ4v) is 3.98. The minimum atomic E-state index is 0.111. The summed E-state index contributed by atoms with van der Waals surface area (Å²) < 4.78 is 11.3. The van der Waals surface area contributed by atoms with Gasteiger partial charge in [0.15, 0.2) is 0 Å². The summed E-state index contributed by atoms with van der Waals surface area (Å²) in [6, 6.07) is 0. The van der Waals surface area contributed by atoms with Crippen molar-refractivity contribution in [2.45, 2.75) is 37.7 Å². The number of carbonyl (C=O) groups excluding carboxylic acids is 1. The highest BCUT2D eigenvalue weighted by Gasteiger charge is 2.35. The van der Waals surface area contributed by atoms with E-state index in [1.807, 2.05) is 4.90 Å². The Hall–Kier alpha value is -1.40. The summed E-state index contributed by atoms with van der Waals surface area (Å²) in [6.07, 6.45) is 6.23. The zero-order valence-corrected chi connectivity index (χ0v) is 12.8. The lowest BCUT2D eigenvalue weighted by molar-refractivity contribution is -0.0607. The Morgan fingerprint density at radius 3 is 3.14 bits per heavy atom. The molecule has 1 N–H and O–H groups in total. The second-order valence-corrected chi connectivity index (χ2v) is 6.61. The van der Waals surface area contributed by atoms with Gasteiger partial charge in [0, 0.05) is 38.1 Å². The van der Waals surface area contributed by atoms with Gasteiger partial charge in [-0.15, -0.1) is 0 Å². The predicted octanol–water partition coefficient (Wildman–Crippen LogP) is 1.55. The van der Waals surface area contributed by atoms with Crippen LogP contribution in [0.2, 0.25) is 0 Å². The van der Waals surface area contributed by atoms with E-state index < -0.39 is 0 Å². The standard InChI is InChI=1S/C16H23N3O3/c20-16(13-8-17-18-15(13)12-4-7-21-10-12)19-5-3-14-11(9-19)2-1-6-22-14/h8,11-12,14H,1-7,9-10H2,(H,17,18)/t11-,12+,14+/m0/s1. The van der Waals surface area contributed by atoms with Gasteiger partial charge < -0.3 is 14.4 Å². The number of H-pyrrole nitrogens is 1. The van der Waals surface area contributed by atoms with E-state index in [1.54, 1.807) is 6.20 Å². The van der Waals surface area contributed by atoms with Gasteiger partial charge >= 0.3 is 0 Å². The quantitative estimate of drug-likeness (QED) is 0.900. The lowest BCUT2D eigenvalue weighted by atomic mass is 9.88. The van der Waals surface area contributed by atoms with Gasteiger partial charge in [0.25, 0.3) is 5.91 Å². The van der Waals surface area contributed by atoms with E-state index in [2.05, 4.69) is 10.2 Å². The van der Waals surface area contributed by atoms with Gasteiger partial charge in [-0.2, -0.15) is 5.10 Å². The number of hydrogen-bond acceptors (Lipinski definition) is 4. The molecule has 4 rings (SSSR count). The van der Waals surface area contributed by atoms with E-state index in [4.69, 9.17) is 9.47 Å². The summed E-state index contributed by atoms with van der Waals surface area (Å²) in [4.78, 5) is 14.9. The molecule has 0 aromatic carbocycles. The van der Waals surface area contributed by atoms with Crippen LogP contribution in [-0.4, -0.2) is 60.0 Å². The zero-order valence-electron chi connectivity index (χ0n) is 12.8. The SMILES string of the molecule is O=C(c1cn[nH]c1[C@@H]1CCOC1)N1CC[C@H]2OCCC[C@H]2C1. The minimum absolute atomic E-state index is 0.111. The first-order valence-electron chi connectivity index (χ1n) is 8.35. The van der Waals surface area contributed by atoms with Crippen molar-refractivity contribution in [2.24, 2.45) is 5.92 Å². The van der Waals surface area contributed by atoms with Gasteiger partial charge in [-0.3, -0.25) is 9.89 Å². The van der Waals surface area contributed by atoms with Gasteiger partial charge in [0.05, 0.1) is 30.2 Å². The van der Waals surface area contributed by atoms with Crippen LogP contribution in [0.1, 0.15) is 47.7 Å². The number of likely N-dealkylation sites (tertiary alicyclic amines) is 1. The molecule has 22 heavy (non-hydrogen) atoms. The fraction of sp³-hybridized carbons (Fsp3) is 0.750. The van der Waals surface area contributed by atoms with Crippen molar-refractivity contribution in [1.29, 1.82) is 0 Å². The third-order valence-electron chi connectivity index (χ3n) is 5.24. The largest absolute Gasteiger partial charge is 0.381 e. The van der Waals surface area contributed by atoms with E-state index in [1.165, 1.54) is 6.42 Å². The van der Waals surface area contributed by atoms with Crippen molar-refractivity contribution in [3.8, 4) is 0 Å². The molecule has 3 fully saturated rings. The maximum atomic E-state index is 12.9. The second kappa shape index (κ2) is 6.01. The molecule has 1 amide bonds. The number of nitrogens with one attached hydrogen (secondary N) is 1. The average molecular weight is 305 g/mol. The predicted molar refractivity (Wildman–Crippen MR) is 79.7 cm³/mol. The summed E-state index contributed by atoms with van der Waals surface area (Å²) in [5, 5.41) is 7.13. The first-order chi connectivity index (χ1) is 10.8. The van der Waals surface area contributed by atoms with Gasteiger partial charge in [-0.05, 0) is 25.7 Å². The first kappa shape index (κ1) is 14.2. The van der Waals surface area contributed by atoms with Crippen molar-refractivity contribution >= 4 is 5.91 Å². The zero-order chi connectivity index (χ0) is 14.9. The number of aromatic amines is 1. The number of hydrogen-bond donors (Lipinski definition) is 1. The van der Waals surface area contributed by atoms with E-state index >= 15 is 0 Å². The molecule has 6 nitrogen and oxygen atoms in total. The molecule has 3 aliphatic heterocycles. The van der Waals surface area contributed by atoms with E-state index in [0.29, 0.717) is 18.6 Å². The van der Waals surface area contributed by atoms with Crippen LogP contribution in [0.15, 0.2) is 6.20 Å². The maximum absolute atomic E-state index is 12.9. The lowest BCUT2D eigenvalue weighted by Crippen LogP contribution is -2.48. The molecule has 0 saturated carbocycles. The van der Waals surface area contributed by atoms with E-state index in [9.17, 15) is 4.79 Å².